The van der Waals surface area contributed by atoms with E-state index in [0.29, 0.717) is 45.8 Å². The molecule has 2 aliphatic rings. The molecule has 9 heteroatoms. The van der Waals surface area contributed by atoms with Crippen molar-refractivity contribution < 1.29 is 9.59 Å². The highest BCUT2D eigenvalue weighted by molar-refractivity contribution is 5.80. The van der Waals surface area contributed by atoms with Gasteiger partial charge >= 0.3 is 0 Å². The standard InChI is InChI=1S/C22H34N6O3/c1-3-7-23-20(29)17-25-11-13-27(14-12-25)22(31)18-5-9-26(10-6-18)19-15-21(30)28(8-4-2)24-16-19/h3,15-16,18H,1,4-14,17H2,2H3,(H,23,29). The fourth-order valence-corrected chi connectivity index (χ4v) is 4.19. The largest absolute Gasteiger partial charge is 0.370 e. The van der Waals surface area contributed by atoms with Gasteiger partial charge in [0.15, 0.2) is 0 Å². The van der Waals surface area contributed by atoms with E-state index in [-0.39, 0.29) is 23.3 Å². The first-order chi connectivity index (χ1) is 15.0. The van der Waals surface area contributed by atoms with Crippen LogP contribution in [0.2, 0.25) is 0 Å². The quantitative estimate of drug-likeness (QED) is 0.597. The van der Waals surface area contributed by atoms with Gasteiger partial charge in [-0.3, -0.25) is 19.3 Å². The molecule has 31 heavy (non-hydrogen) atoms. The molecule has 0 aromatic carbocycles. The summed E-state index contributed by atoms with van der Waals surface area (Å²) < 4.78 is 1.49. The SMILES string of the molecule is C=CCNC(=O)CN1CCN(C(=O)C2CCN(c3cnn(CCC)c(=O)c3)CC2)CC1. The predicted molar refractivity (Wildman–Crippen MR) is 120 cm³/mol. The normalized spacial score (nSPS) is 18.1. The molecule has 0 bridgehead atoms. The number of aromatic nitrogens is 2. The summed E-state index contributed by atoms with van der Waals surface area (Å²) in [4.78, 5) is 43.2. The first kappa shape index (κ1) is 23.0. The minimum absolute atomic E-state index is 0.0103. The number of hydrogen-bond acceptors (Lipinski definition) is 6. The minimum Gasteiger partial charge on any atom is -0.370 e. The van der Waals surface area contributed by atoms with Crippen molar-refractivity contribution in [3.63, 3.8) is 0 Å². The van der Waals surface area contributed by atoms with Crippen LogP contribution in [0.25, 0.3) is 0 Å². The lowest BCUT2D eigenvalue weighted by Crippen LogP contribution is -2.53. The van der Waals surface area contributed by atoms with Crippen LogP contribution in [-0.2, 0) is 16.1 Å². The molecule has 0 spiro atoms. The molecule has 1 aromatic rings. The Morgan fingerprint density at radius 3 is 2.52 bits per heavy atom. The van der Waals surface area contributed by atoms with Gasteiger partial charge in [0, 0.05) is 64.3 Å². The summed E-state index contributed by atoms with van der Waals surface area (Å²) in [5.74, 6) is 0.225. The van der Waals surface area contributed by atoms with Crippen LogP contribution in [0.3, 0.4) is 0 Å². The van der Waals surface area contributed by atoms with E-state index in [4.69, 9.17) is 0 Å². The third-order valence-corrected chi connectivity index (χ3v) is 5.99. The number of piperidine rings is 1. The monoisotopic (exact) mass is 430 g/mol. The van der Waals surface area contributed by atoms with E-state index in [1.807, 2.05) is 11.8 Å². The van der Waals surface area contributed by atoms with Gasteiger partial charge in [-0.2, -0.15) is 5.10 Å². The van der Waals surface area contributed by atoms with Crippen LogP contribution >= 0.6 is 0 Å². The summed E-state index contributed by atoms with van der Waals surface area (Å²) in [6.45, 7) is 11.3. The van der Waals surface area contributed by atoms with E-state index in [1.165, 1.54) is 4.68 Å². The molecule has 9 nitrogen and oxygen atoms in total. The number of aryl methyl sites for hydroxylation is 1. The third kappa shape index (κ3) is 6.16. The zero-order valence-corrected chi connectivity index (χ0v) is 18.5. The maximum Gasteiger partial charge on any atom is 0.268 e. The molecule has 1 N–H and O–H groups in total. The molecule has 170 valence electrons. The predicted octanol–water partition coefficient (Wildman–Crippen LogP) is 0.316. The Kier molecular flexibility index (Phi) is 8.22. The second-order valence-corrected chi connectivity index (χ2v) is 8.23. The van der Waals surface area contributed by atoms with E-state index in [2.05, 4.69) is 26.8 Å². The van der Waals surface area contributed by atoms with Gasteiger partial charge < -0.3 is 15.1 Å². The number of rotatable bonds is 8. The van der Waals surface area contributed by atoms with Crippen LogP contribution in [0.4, 0.5) is 5.69 Å². The molecule has 0 unspecified atom stereocenters. The van der Waals surface area contributed by atoms with Crippen LogP contribution in [0.5, 0.6) is 0 Å². The van der Waals surface area contributed by atoms with Crippen molar-refractivity contribution >= 4 is 17.5 Å². The summed E-state index contributed by atoms with van der Waals surface area (Å²) in [5, 5.41) is 7.05. The van der Waals surface area contributed by atoms with Gasteiger partial charge in [0.05, 0.1) is 18.4 Å². The number of carbonyl (C=O) groups is 2. The number of hydrogen-bond donors (Lipinski definition) is 1. The fraction of sp³-hybridized carbons (Fsp3) is 0.636. The lowest BCUT2D eigenvalue weighted by Gasteiger charge is -2.38. The van der Waals surface area contributed by atoms with E-state index in [1.54, 1.807) is 18.3 Å². The average Bonchev–Trinajstić information content (AvgIpc) is 2.79. The maximum atomic E-state index is 13.0. The second kappa shape index (κ2) is 11.1. The van der Waals surface area contributed by atoms with E-state index < -0.39 is 0 Å². The Hall–Kier alpha value is -2.68. The van der Waals surface area contributed by atoms with Crippen molar-refractivity contribution in [2.24, 2.45) is 5.92 Å². The molecule has 3 heterocycles. The van der Waals surface area contributed by atoms with E-state index in [0.717, 1.165) is 38.0 Å². The number of nitrogens with zero attached hydrogens (tertiary/aromatic N) is 5. The number of piperazine rings is 1. The summed E-state index contributed by atoms with van der Waals surface area (Å²) in [6, 6.07) is 1.65. The Morgan fingerprint density at radius 1 is 1.19 bits per heavy atom. The Morgan fingerprint density at radius 2 is 1.90 bits per heavy atom. The molecule has 0 radical (unpaired) electrons. The number of anilines is 1. The molecule has 2 aliphatic heterocycles. The molecule has 0 saturated carbocycles. The van der Waals surface area contributed by atoms with E-state index in [9.17, 15) is 14.4 Å². The highest BCUT2D eigenvalue weighted by atomic mass is 16.2. The van der Waals surface area contributed by atoms with Gasteiger partial charge in [-0.05, 0) is 19.3 Å². The Labute approximate surface area is 183 Å². The topological polar surface area (TPSA) is 90.8 Å². The summed E-state index contributed by atoms with van der Waals surface area (Å²) in [5.41, 5.74) is 0.764. The van der Waals surface area contributed by atoms with Crippen LogP contribution in [0.1, 0.15) is 26.2 Å². The Balaban J connectivity index is 1.44. The van der Waals surface area contributed by atoms with Crippen LogP contribution in [-0.4, -0.2) is 83.8 Å². The summed E-state index contributed by atoms with van der Waals surface area (Å²) >= 11 is 0. The fourth-order valence-electron chi connectivity index (χ4n) is 4.19. The number of amides is 2. The molecular formula is C22H34N6O3. The third-order valence-electron chi connectivity index (χ3n) is 5.99. The first-order valence-electron chi connectivity index (χ1n) is 11.2. The van der Waals surface area contributed by atoms with Crippen molar-refractivity contribution in [3.05, 3.63) is 35.3 Å². The zero-order valence-electron chi connectivity index (χ0n) is 18.5. The average molecular weight is 431 g/mol. The van der Waals surface area contributed by atoms with Crippen LogP contribution in [0.15, 0.2) is 29.7 Å². The van der Waals surface area contributed by atoms with Crippen molar-refractivity contribution in [1.29, 1.82) is 0 Å². The zero-order chi connectivity index (χ0) is 22.2. The molecule has 0 atom stereocenters. The van der Waals surface area contributed by atoms with Gasteiger partial charge in [-0.1, -0.05) is 13.0 Å². The van der Waals surface area contributed by atoms with Gasteiger partial charge in [0.25, 0.3) is 5.56 Å². The highest BCUT2D eigenvalue weighted by Gasteiger charge is 2.31. The van der Waals surface area contributed by atoms with Gasteiger partial charge in [-0.25, -0.2) is 4.68 Å². The van der Waals surface area contributed by atoms with Gasteiger partial charge in [0.2, 0.25) is 11.8 Å². The van der Waals surface area contributed by atoms with E-state index >= 15 is 0 Å². The Bertz CT molecular complexity index is 823. The number of carbonyl (C=O) groups excluding carboxylic acids is 2. The molecular weight excluding hydrogens is 396 g/mol. The van der Waals surface area contributed by atoms with Crippen LogP contribution < -0.4 is 15.8 Å². The van der Waals surface area contributed by atoms with Crippen molar-refractivity contribution in [2.45, 2.75) is 32.7 Å². The maximum absolute atomic E-state index is 13.0. The van der Waals surface area contributed by atoms with Crippen molar-refractivity contribution in [3.8, 4) is 0 Å². The molecule has 1 aromatic heterocycles. The van der Waals surface area contributed by atoms with Crippen molar-refractivity contribution in [2.75, 3.05) is 57.3 Å². The summed E-state index contributed by atoms with van der Waals surface area (Å²) in [6.07, 6.45) is 5.85. The van der Waals surface area contributed by atoms with Crippen LogP contribution in [0, 0.1) is 5.92 Å². The lowest BCUT2D eigenvalue weighted by atomic mass is 9.94. The van der Waals surface area contributed by atoms with Gasteiger partial charge in [-0.15, -0.1) is 6.58 Å². The van der Waals surface area contributed by atoms with Gasteiger partial charge in [0.1, 0.15) is 0 Å². The smallest absolute Gasteiger partial charge is 0.268 e. The highest BCUT2D eigenvalue weighted by Crippen LogP contribution is 2.24. The first-order valence-corrected chi connectivity index (χ1v) is 11.2. The van der Waals surface area contributed by atoms with Crippen molar-refractivity contribution in [1.82, 2.24) is 24.9 Å². The summed E-state index contributed by atoms with van der Waals surface area (Å²) in [7, 11) is 0. The molecule has 0 aliphatic carbocycles. The number of nitrogens with one attached hydrogen (secondary N) is 1. The molecule has 2 amide bonds. The molecule has 3 rings (SSSR count). The second-order valence-electron chi connectivity index (χ2n) is 8.23. The minimum atomic E-state index is -0.0754. The molecule has 2 saturated heterocycles. The molecule has 2 fully saturated rings. The lowest BCUT2D eigenvalue weighted by molar-refractivity contribution is -0.138.